The summed E-state index contributed by atoms with van der Waals surface area (Å²) >= 11 is 7.16. The van der Waals surface area contributed by atoms with Gasteiger partial charge in [-0.15, -0.1) is 11.8 Å². The van der Waals surface area contributed by atoms with Gasteiger partial charge in [-0.25, -0.2) is 13.8 Å². The number of benzene rings is 1. The lowest BCUT2D eigenvalue weighted by atomic mass is 9.92. The van der Waals surface area contributed by atoms with Crippen molar-refractivity contribution in [1.82, 2.24) is 9.13 Å². The van der Waals surface area contributed by atoms with Crippen molar-refractivity contribution in [1.29, 1.82) is 0 Å². The lowest BCUT2D eigenvalue weighted by molar-refractivity contribution is -0.144. The van der Waals surface area contributed by atoms with Gasteiger partial charge >= 0.3 is 11.9 Å². The molecule has 0 aliphatic rings. The molecule has 0 fully saturated rings. The predicted molar refractivity (Wildman–Crippen MR) is 107 cm³/mol. The normalized spacial score (nSPS) is 12.3. The van der Waals surface area contributed by atoms with E-state index < -0.39 is 45.6 Å². The molecule has 0 amide bonds. The van der Waals surface area contributed by atoms with Crippen molar-refractivity contribution in [3.05, 3.63) is 55.1 Å². The van der Waals surface area contributed by atoms with Gasteiger partial charge in [0, 0.05) is 28.7 Å². The quantitative estimate of drug-likeness (QED) is 0.485. The molecular formula is C19H19ClF4N2O3S. The highest BCUT2D eigenvalue weighted by Gasteiger charge is 2.38. The van der Waals surface area contributed by atoms with Crippen LogP contribution in [0.15, 0.2) is 26.6 Å². The van der Waals surface area contributed by atoms with Crippen LogP contribution < -0.4 is 11.2 Å². The van der Waals surface area contributed by atoms with Crippen molar-refractivity contribution in [2.45, 2.75) is 38.8 Å². The van der Waals surface area contributed by atoms with Crippen LogP contribution in [0.4, 0.5) is 17.6 Å². The average molecular weight is 467 g/mol. The number of carbonyl (C=O) groups excluding carboxylic acids is 1. The zero-order valence-electron chi connectivity index (χ0n) is 16.8. The first-order valence-corrected chi connectivity index (χ1v) is 9.99. The van der Waals surface area contributed by atoms with Gasteiger partial charge in [0.05, 0.1) is 10.7 Å². The zero-order chi connectivity index (χ0) is 23.2. The Bertz CT molecular complexity index is 1100. The summed E-state index contributed by atoms with van der Waals surface area (Å²) in [6.07, 6.45) is -4.94. The summed E-state index contributed by atoms with van der Waals surface area (Å²) in [4.78, 5) is 37.1. The molecule has 0 aliphatic heterocycles. The number of Topliss-reactive ketones (excluding diaryl/α,β-unsaturated/α-hetero) is 1. The minimum atomic E-state index is -4.94. The summed E-state index contributed by atoms with van der Waals surface area (Å²) in [5.74, 6) is -0.864. The van der Waals surface area contributed by atoms with E-state index in [9.17, 15) is 31.9 Å². The van der Waals surface area contributed by atoms with E-state index in [0.29, 0.717) is 4.57 Å². The Labute approximate surface area is 178 Å². The van der Waals surface area contributed by atoms with Crippen LogP contribution in [-0.4, -0.2) is 20.7 Å². The van der Waals surface area contributed by atoms with Crippen LogP contribution >= 0.6 is 23.4 Å². The predicted octanol–water partition coefficient (Wildman–Crippen LogP) is 4.36. The fourth-order valence-electron chi connectivity index (χ4n) is 2.63. The molecule has 164 valence electrons. The molecule has 1 aromatic heterocycles. The molecule has 2 aromatic rings. The molecule has 0 unspecified atom stereocenters. The number of ketones is 1. The second kappa shape index (κ2) is 8.22. The maximum Gasteiger partial charge on any atom is 0.432 e. The van der Waals surface area contributed by atoms with Crippen molar-refractivity contribution >= 4 is 29.1 Å². The summed E-state index contributed by atoms with van der Waals surface area (Å²) in [7, 11) is 0.854. The molecule has 0 saturated heterocycles. The highest BCUT2D eigenvalue weighted by molar-refractivity contribution is 7.99. The smallest absolute Gasteiger partial charge is 0.299 e. The van der Waals surface area contributed by atoms with E-state index in [4.69, 9.17) is 11.6 Å². The second-order valence-electron chi connectivity index (χ2n) is 7.42. The van der Waals surface area contributed by atoms with Crippen LogP contribution in [0.3, 0.4) is 0 Å². The number of aromatic nitrogens is 2. The Morgan fingerprint density at radius 2 is 1.77 bits per heavy atom. The van der Waals surface area contributed by atoms with Crippen LogP contribution in [0, 0.1) is 18.2 Å². The van der Waals surface area contributed by atoms with Gasteiger partial charge in [-0.1, -0.05) is 25.4 Å². The van der Waals surface area contributed by atoms with Gasteiger partial charge in [-0.3, -0.25) is 14.2 Å². The number of rotatable bonds is 5. The van der Waals surface area contributed by atoms with Crippen LogP contribution in [-0.2, 0) is 18.0 Å². The molecule has 1 aromatic carbocycles. The molecular weight excluding hydrogens is 448 g/mol. The largest absolute Gasteiger partial charge is 0.432 e. The molecule has 0 saturated carbocycles. The topological polar surface area (TPSA) is 61.1 Å². The van der Waals surface area contributed by atoms with Gasteiger partial charge in [0.15, 0.2) is 0 Å². The number of carbonyl (C=O) groups is 1. The molecule has 0 spiro atoms. The first kappa shape index (κ1) is 24.2. The van der Waals surface area contributed by atoms with Gasteiger partial charge < -0.3 is 0 Å². The number of halogens is 5. The number of nitrogens with zero attached hydrogens (tertiary/aromatic N) is 2. The highest BCUT2D eigenvalue weighted by atomic mass is 35.5. The van der Waals surface area contributed by atoms with E-state index >= 15 is 0 Å². The molecule has 2 rings (SSSR count). The Balaban J connectivity index is 2.70. The standard InChI is InChI=1S/C19H19ClF4N2O3S/c1-9-15(19(22,23)24)25(5)17(29)26(16(9)28)13-7-14(11(20)6-12(13)21)30-8-18(3,4)10(2)27/h6-7H,8H2,1-5H3. The van der Waals surface area contributed by atoms with Gasteiger partial charge in [0.1, 0.15) is 17.3 Å². The van der Waals surface area contributed by atoms with Gasteiger partial charge in [0.25, 0.3) is 5.56 Å². The summed E-state index contributed by atoms with van der Waals surface area (Å²) in [6.45, 7) is 5.76. The van der Waals surface area contributed by atoms with E-state index in [-0.39, 0.29) is 26.0 Å². The third-order valence-corrected chi connectivity index (χ3v) is 6.68. The Morgan fingerprint density at radius 3 is 2.27 bits per heavy atom. The van der Waals surface area contributed by atoms with Crippen molar-refractivity contribution in [2.75, 3.05) is 5.75 Å². The molecule has 11 heteroatoms. The van der Waals surface area contributed by atoms with Crippen molar-refractivity contribution in [3.63, 3.8) is 0 Å². The van der Waals surface area contributed by atoms with Crippen molar-refractivity contribution < 1.29 is 22.4 Å². The Morgan fingerprint density at radius 1 is 1.20 bits per heavy atom. The fourth-order valence-corrected chi connectivity index (χ4v) is 4.05. The fraction of sp³-hybridized carbons (Fsp3) is 0.421. The van der Waals surface area contributed by atoms with E-state index in [0.717, 1.165) is 37.9 Å². The highest BCUT2D eigenvalue weighted by Crippen LogP contribution is 2.35. The number of thioether (sulfide) groups is 1. The first-order valence-electron chi connectivity index (χ1n) is 8.62. The number of hydrogen-bond donors (Lipinski definition) is 0. The Kier molecular flexibility index (Phi) is 6.63. The monoisotopic (exact) mass is 466 g/mol. The molecule has 0 bridgehead atoms. The van der Waals surface area contributed by atoms with Crippen molar-refractivity contribution in [2.24, 2.45) is 12.5 Å². The van der Waals surface area contributed by atoms with E-state index in [2.05, 4.69) is 0 Å². The summed E-state index contributed by atoms with van der Waals surface area (Å²) in [5, 5.41) is -0.0193. The Hall–Kier alpha value is -2.07. The third-order valence-electron chi connectivity index (χ3n) is 4.75. The number of hydrogen-bond acceptors (Lipinski definition) is 4. The van der Waals surface area contributed by atoms with Crippen molar-refractivity contribution in [3.8, 4) is 5.69 Å². The summed E-state index contributed by atoms with van der Waals surface area (Å²) in [6, 6.07) is 1.99. The maximum absolute atomic E-state index is 14.6. The summed E-state index contributed by atoms with van der Waals surface area (Å²) < 4.78 is 54.9. The lowest BCUT2D eigenvalue weighted by Gasteiger charge is -2.21. The molecule has 0 N–H and O–H groups in total. The van der Waals surface area contributed by atoms with Crippen LogP contribution in [0.1, 0.15) is 32.0 Å². The first-order chi connectivity index (χ1) is 13.6. The molecule has 5 nitrogen and oxygen atoms in total. The van der Waals surface area contributed by atoms with E-state index in [1.807, 2.05) is 0 Å². The average Bonchev–Trinajstić information content (AvgIpc) is 2.59. The van der Waals surface area contributed by atoms with Crippen LogP contribution in [0.5, 0.6) is 0 Å². The maximum atomic E-state index is 14.6. The molecule has 0 radical (unpaired) electrons. The van der Waals surface area contributed by atoms with Gasteiger partial charge in [-0.2, -0.15) is 13.2 Å². The van der Waals surface area contributed by atoms with E-state index in [1.165, 1.54) is 6.92 Å². The molecule has 0 atom stereocenters. The summed E-state index contributed by atoms with van der Waals surface area (Å²) in [5.41, 5.74) is -6.02. The molecule has 30 heavy (non-hydrogen) atoms. The van der Waals surface area contributed by atoms with E-state index in [1.54, 1.807) is 13.8 Å². The lowest BCUT2D eigenvalue weighted by Crippen LogP contribution is -2.43. The third kappa shape index (κ3) is 4.49. The molecule has 1 heterocycles. The minimum Gasteiger partial charge on any atom is -0.299 e. The minimum absolute atomic E-state index is 0.0193. The van der Waals surface area contributed by atoms with Gasteiger partial charge in [0.2, 0.25) is 0 Å². The van der Waals surface area contributed by atoms with Crippen LogP contribution in [0.25, 0.3) is 5.69 Å². The number of alkyl halides is 3. The van der Waals surface area contributed by atoms with Crippen LogP contribution in [0.2, 0.25) is 5.02 Å². The SMILES string of the molecule is CC(=O)C(C)(C)CSc1cc(-n2c(=O)c(C)c(C(F)(F)F)n(C)c2=O)c(F)cc1Cl. The van der Waals surface area contributed by atoms with Gasteiger partial charge in [-0.05, 0) is 26.0 Å². The second-order valence-corrected chi connectivity index (χ2v) is 8.84. The molecule has 0 aliphatic carbocycles. The zero-order valence-corrected chi connectivity index (χ0v) is 18.4.